The Hall–Kier alpha value is -1.67. The van der Waals surface area contributed by atoms with Gasteiger partial charge < -0.3 is 4.74 Å². The van der Waals surface area contributed by atoms with Crippen LogP contribution in [0.2, 0.25) is 0 Å². The van der Waals surface area contributed by atoms with Crippen LogP contribution in [0.1, 0.15) is 99.3 Å². The summed E-state index contributed by atoms with van der Waals surface area (Å²) in [6.45, 7) is 11.3. The summed E-state index contributed by atoms with van der Waals surface area (Å²) in [5, 5.41) is 0. The van der Waals surface area contributed by atoms with Crippen molar-refractivity contribution in [2.24, 2.45) is 5.92 Å². The highest BCUT2D eigenvalue weighted by Gasteiger charge is 2.30. The van der Waals surface area contributed by atoms with Gasteiger partial charge in [0.2, 0.25) is 0 Å². The highest BCUT2D eigenvalue weighted by molar-refractivity contribution is 6.29. The van der Waals surface area contributed by atoms with E-state index in [9.17, 15) is 14.4 Å². The van der Waals surface area contributed by atoms with Crippen LogP contribution in [0.4, 0.5) is 0 Å². The number of esters is 1. The van der Waals surface area contributed by atoms with Crippen LogP contribution in [0, 0.1) is 5.92 Å². The van der Waals surface area contributed by atoms with Gasteiger partial charge in [-0.1, -0.05) is 52.9 Å². The summed E-state index contributed by atoms with van der Waals surface area (Å²) in [6, 6.07) is 0. The molecule has 0 fully saturated rings. The number of ether oxygens (including phenoxy) is 1. The fourth-order valence-corrected chi connectivity index (χ4v) is 2.88. The van der Waals surface area contributed by atoms with Gasteiger partial charge in [-0.2, -0.15) is 9.78 Å². The predicted molar refractivity (Wildman–Crippen MR) is 111 cm³/mol. The number of hydrogen-bond acceptors (Lipinski definition) is 8. The van der Waals surface area contributed by atoms with Gasteiger partial charge >= 0.3 is 17.9 Å². The molecule has 0 saturated carbocycles. The zero-order valence-electron chi connectivity index (χ0n) is 19.5. The molecule has 0 aromatic rings. The van der Waals surface area contributed by atoms with Crippen LogP contribution < -0.4 is 0 Å². The van der Waals surface area contributed by atoms with E-state index in [1.54, 1.807) is 20.8 Å². The predicted octanol–water partition coefficient (Wildman–Crippen LogP) is 4.83. The van der Waals surface area contributed by atoms with Crippen LogP contribution in [0.15, 0.2) is 0 Å². The average Bonchev–Trinajstić information content (AvgIpc) is 2.68. The summed E-state index contributed by atoms with van der Waals surface area (Å²) in [5.41, 5.74) is -0.905. The van der Waals surface area contributed by atoms with Crippen molar-refractivity contribution in [3.05, 3.63) is 0 Å². The Labute approximate surface area is 180 Å². The van der Waals surface area contributed by atoms with Gasteiger partial charge in [0, 0.05) is 6.42 Å². The largest absolute Gasteiger partial charge is 0.454 e. The third-order valence-corrected chi connectivity index (χ3v) is 4.55. The van der Waals surface area contributed by atoms with Gasteiger partial charge in [0.25, 0.3) is 0 Å². The zero-order valence-corrected chi connectivity index (χ0v) is 19.5. The van der Waals surface area contributed by atoms with Crippen molar-refractivity contribution >= 4 is 17.9 Å². The molecular formula is C22H40O8. The summed E-state index contributed by atoms with van der Waals surface area (Å²) < 4.78 is 5.06. The van der Waals surface area contributed by atoms with Gasteiger partial charge in [-0.05, 0) is 40.0 Å². The fraction of sp³-hybridized carbons (Fsp3) is 0.864. The second-order valence-corrected chi connectivity index (χ2v) is 8.17. The normalized spacial score (nSPS) is 13.4. The highest BCUT2D eigenvalue weighted by atomic mass is 17.2. The van der Waals surface area contributed by atoms with E-state index in [1.165, 1.54) is 0 Å². The first-order valence-electron chi connectivity index (χ1n) is 11.1. The Balaban J connectivity index is 4.26. The third kappa shape index (κ3) is 13.5. The van der Waals surface area contributed by atoms with Crippen molar-refractivity contribution in [2.75, 3.05) is 6.61 Å². The first kappa shape index (κ1) is 28.3. The Morgan fingerprint density at radius 1 is 0.867 bits per heavy atom. The number of hydrogen-bond donors (Lipinski definition) is 0. The van der Waals surface area contributed by atoms with E-state index >= 15 is 0 Å². The van der Waals surface area contributed by atoms with Crippen molar-refractivity contribution in [2.45, 2.75) is 111 Å². The molecular weight excluding hydrogens is 392 g/mol. The number of carbonyl (C=O) groups excluding carboxylic acids is 3. The van der Waals surface area contributed by atoms with Crippen LogP contribution in [0.5, 0.6) is 0 Å². The van der Waals surface area contributed by atoms with Crippen LogP contribution in [0.3, 0.4) is 0 Å². The number of carbonyl (C=O) groups is 3. The van der Waals surface area contributed by atoms with E-state index in [0.29, 0.717) is 6.42 Å². The molecule has 8 heteroatoms. The van der Waals surface area contributed by atoms with E-state index in [4.69, 9.17) is 19.4 Å². The molecule has 8 nitrogen and oxygen atoms in total. The maximum absolute atomic E-state index is 12.2. The molecule has 2 unspecified atom stereocenters. The molecule has 0 amide bonds. The summed E-state index contributed by atoms with van der Waals surface area (Å²) in [6.07, 6.45) is 6.80. The first-order chi connectivity index (χ1) is 14.2. The lowest BCUT2D eigenvalue weighted by atomic mass is 10.00. The van der Waals surface area contributed by atoms with Crippen molar-refractivity contribution in [3.63, 3.8) is 0 Å². The summed E-state index contributed by atoms with van der Waals surface area (Å²) in [7, 11) is 0. The van der Waals surface area contributed by atoms with E-state index in [0.717, 1.165) is 44.9 Å². The van der Waals surface area contributed by atoms with E-state index < -0.39 is 29.6 Å². The second-order valence-electron chi connectivity index (χ2n) is 8.17. The van der Waals surface area contributed by atoms with Crippen molar-refractivity contribution in [1.82, 2.24) is 0 Å². The minimum absolute atomic E-state index is 0.201. The van der Waals surface area contributed by atoms with Gasteiger partial charge in [0.05, 0.1) is 12.5 Å². The molecule has 0 aliphatic rings. The quantitative estimate of drug-likeness (QED) is 0.112. The smallest absolute Gasteiger partial charge is 0.449 e. The maximum Gasteiger partial charge on any atom is 0.449 e. The standard InChI is InChI=1S/C22H40O8/c1-7-10-12-13-15-26-28-21(25)20(24)27-17(4)16-22(5,6)30-29-19(23)18(9-3)14-11-8-2/h17-18H,7-16H2,1-6H3. The zero-order chi connectivity index (χ0) is 23.0. The molecule has 0 aromatic carbocycles. The van der Waals surface area contributed by atoms with Crippen molar-refractivity contribution in [1.29, 1.82) is 0 Å². The average molecular weight is 433 g/mol. The molecule has 0 aliphatic heterocycles. The van der Waals surface area contributed by atoms with Gasteiger partial charge in [-0.3, -0.25) is 9.78 Å². The van der Waals surface area contributed by atoms with Crippen LogP contribution in [-0.4, -0.2) is 36.2 Å². The van der Waals surface area contributed by atoms with E-state index in [2.05, 4.69) is 18.7 Å². The fourth-order valence-electron chi connectivity index (χ4n) is 2.88. The van der Waals surface area contributed by atoms with Crippen LogP contribution in [0.25, 0.3) is 0 Å². The molecule has 0 heterocycles. The Morgan fingerprint density at radius 2 is 1.53 bits per heavy atom. The molecule has 0 rings (SSSR count). The van der Waals surface area contributed by atoms with Crippen molar-refractivity contribution < 1.29 is 38.7 Å². The SMILES string of the molecule is CCCCCCOOC(=O)C(=O)OC(C)CC(C)(C)OOC(=O)C(CC)CCCC. The Kier molecular flexibility index (Phi) is 15.2. The van der Waals surface area contributed by atoms with Crippen LogP contribution >= 0.6 is 0 Å². The highest BCUT2D eigenvalue weighted by Crippen LogP contribution is 2.21. The monoisotopic (exact) mass is 432 g/mol. The molecule has 0 radical (unpaired) electrons. The second kappa shape index (κ2) is 16.1. The molecule has 0 saturated heterocycles. The Morgan fingerprint density at radius 3 is 2.13 bits per heavy atom. The summed E-state index contributed by atoms with van der Waals surface area (Å²) in [5.74, 6) is -2.95. The number of unbranched alkanes of at least 4 members (excludes halogenated alkanes) is 4. The maximum atomic E-state index is 12.2. The third-order valence-electron chi connectivity index (χ3n) is 4.55. The first-order valence-corrected chi connectivity index (χ1v) is 11.1. The van der Waals surface area contributed by atoms with Gasteiger partial charge in [0.15, 0.2) is 0 Å². The molecule has 30 heavy (non-hydrogen) atoms. The minimum Gasteiger partial charge on any atom is -0.454 e. The summed E-state index contributed by atoms with van der Waals surface area (Å²) >= 11 is 0. The number of rotatable bonds is 16. The summed E-state index contributed by atoms with van der Waals surface area (Å²) in [4.78, 5) is 55.1. The molecule has 0 aliphatic carbocycles. The molecule has 0 spiro atoms. The van der Waals surface area contributed by atoms with Crippen molar-refractivity contribution in [3.8, 4) is 0 Å². The van der Waals surface area contributed by atoms with E-state index in [-0.39, 0.29) is 18.9 Å². The van der Waals surface area contributed by atoms with Gasteiger partial charge in [-0.15, -0.1) is 0 Å². The van der Waals surface area contributed by atoms with Gasteiger partial charge in [0.1, 0.15) is 11.7 Å². The lowest BCUT2D eigenvalue weighted by molar-refractivity contribution is -0.331. The lowest BCUT2D eigenvalue weighted by Crippen LogP contribution is -2.34. The van der Waals surface area contributed by atoms with Gasteiger partial charge in [-0.25, -0.2) is 14.4 Å². The molecule has 176 valence electrons. The minimum atomic E-state index is -1.20. The van der Waals surface area contributed by atoms with E-state index in [1.807, 2.05) is 6.92 Å². The molecule has 0 aromatic heterocycles. The molecule has 2 atom stereocenters. The van der Waals surface area contributed by atoms with Crippen LogP contribution in [-0.2, 0) is 38.7 Å². The topological polar surface area (TPSA) is 97.4 Å². The molecule has 0 bridgehead atoms. The lowest BCUT2D eigenvalue weighted by Gasteiger charge is -2.26. The molecule has 0 N–H and O–H groups in total. The Bertz CT molecular complexity index is 503.